The number of nitrogens with zero attached hydrogens (tertiary/aromatic N) is 4. The molecule has 3 heterocycles. The lowest BCUT2D eigenvalue weighted by Gasteiger charge is -2.33. The van der Waals surface area contributed by atoms with Crippen molar-refractivity contribution >= 4 is 34.2 Å². The summed E-state index contributed by atoms with van der Waals surface area (Å²) in [4.78, 5) is 12.9. The molecule has 0 radical (unpaired) electrons. The summed E-state index contributed by atoms with van der Waals surface area (Å²) in [5.74, 6) is -1.63. The number of hydrogen-bond donors (Lipinski definition) is 3. The van der Waals surface area contributed by atoms with Gasteiger partial charge in [-0.3, -0.25) is 5.32 Å². The molecule has 0 bridgehead atoms. The average Bonchev–Trinajstić information content (AvgIpc) is 3.30. The van der Waals surface area contributed by atoms with Crippen molar-refractivity contribution in [3.63, 3.8) is 0 Å². The molecule has 8 nitrogen and oxygen atoms in total. The van der Waals surface area contributed by atoms with Crippen LogP contribution < -0.4 is 15.5 Å². The number of piperazine rings is 1. The molecule has 2 aromatic heterocycles. The molecule has 2 aromatic carbocycles. The molecule has 0 atom stereocenters. The zero-order chi connectivity index (χ0) is 27.4. The van der Waals surface area contributed by atoms with Crippen LogP contribution in [-0.2, 0) is 0 Å². The topological polar surface area (TPSA) is 89.7 Å². The molecule has 1 aliphatic heterocycles. The van der Waals surface area contributed by atoms with Crippen molar-refractivity contribution in [3.8, 4) is 17.0 Å². The molecular formula is C28H36F2N6O2. The lowest BCUT2D eigenvalue weighted by Crippen LogP contribution is -2.44. The van der Waals surface area contributed by atoms with E-state index in [0.29, 0.717) is 11.5 Å². The number of anilines is 4. The molecule has 4 aromatic rings. The summed E-state index contributed by atoms with van der Waals surface area (Å²) in [6.45, 7) is 11.6. The smallest absolute Gasteiger partial charge is 0.230 e. The standard InChI is InChI=1S/C26H28F2N6O2.C2H6.H2/c1-15(2)30-21-11-17(10-19(27)25(21)35)24-20(28)14-29-26(32-24)31-23-12-16-4-5-18(13-22(16)36-23)34-8-6-33(3)7-9-34;1-2;/h4-5,10-15,30,35H,6-9H2,1-3H3,(H,29,31,32);1-2H3;1H. The second-order valence-electron chi connectivity index (χ2n) is 9.29. The van der Waals surface area contributed by atoms with Crippen LogP contribution in [0.4, 0.5) is 32.0 Å². The van der Waals surface area contributed by atoms with E-state index < -0.39 is 17.4 Å². The van der Waals surface area contributed by atoms with Crippen LogP contribution in [0.25, 0.3) is 22.2 Å². The first kappa shape index (κ1) is 27.1. The maximum Gasteiger partial charge on any atom is 0.230 e. The van der Waals surface area contributed by atoms with Gasteiger partial charge in [0.2, 0.25) is 11.8 Å². The fraction of sp³-hybridized carbons (Fsp3) is 0.357. The molecule has 5 rings (SSSR count). The van der Waals surface area contributed by atoms with E-state index >= 15 is 0 Å². The summed E-state index contributed by atoms with van der Waals surface area (Å²) in [6.07, 6.45) is 1.01. The van der Waals surface area contributed by atoms with Crippen molar-refractivity contribution in [2.45, 2.75) is 33.7 Å². The van der Waals surface area contributed by atoms with Gasteiger partial charge in [0.25, 0.3) is 0 Å². The van der Waals surface area contributed by atoms with Crippen LogP contribution in [0.5, 0.6) is 5.75 Å². The number of halogens is 2. The Morgan fingerprint density at radius 1 is 1.03 bits per heavy atom. The number of benzene rings is 2. The highest BCUT2D eigenvalue weighted by molar-refractivity contribution is 5.85. The molecule has 204 valence electrons. The Bertz CT molecular complexity index is 1410. The van der Waals surface area contributed by atoms with Crippen LogP contribution in [0.2, 0.25) is 0 Å². The van der Waals surface area contributed by atoms with E-state index in [4.69, 9.17) is 4.42 Å². The largest absolute Gasteiger partial charge is 0.503 e. The predicted octanol–water partition coefficient (Wildman–Crippen LogP) is 6.46. The van der Waals surface area contributed by atoms with Crippen LogP contribution in [0.15, 0.2) is 47.0 Å². The van der Waals surface area contributed by atoms with Gasteiger partial charge in [-0.15, -0.1) is 0 Å². The number of furan rings is 1. The zero-order valence-electron chi connectivity index (χ0n) is 22.3. The molecule has 0 unspecified atom stereocenters. The van der Waals surface area contributed by atoms with Gasteiger partial charge < -0.3 is 24.6 Å². The molecule has 0 saturated carbocycles. The third kappa shape index (κ3) is 5.96. The van der Waals surface area contributed by atoms with Gasteiger partial charge in [0.15, 0.2) is 17.4 Å². The number of likely N-dealkylation sites (N-methyl/N-ethyl adjacent to an activating group) is 1. The summed E-state index contributed by atoms with van der Waals surface area (Å²) in [5.41, 5.74) is 2.02. The molecule has 0 spiro atoms. The summed E-state index contributed by atoms with van der Waals surface area (Å²) in [5, 5.41) is 16.9. The van der Waals surface area contributed by atoms with Gasteiger partial charge in [0.05, 0.1) is 11.9 Å². The Labute approximate surface area is 222 Å². The quantitative estimate of drug-likeness (QED) is 0.247. The molecule has 10 heteroatoms. The third-order valence-corrected chi connectivity index (χ3v) is 6.13. The number of hydrogen-bond acceptors (Lipinski definition) is 8. The van der Waals surface area contributed by atoms with Crippen molar-refractivity contribution in [2.24, 2.45) is 0 Å². The number of rotatable bonds is 6. The predicted molar refractivity (Wildman–Crippen MR) is 150 cm³/mol. The van der Waals surface area contributed by atoms with Gasteiger partial charge in [-0.05, 0) is 45.2 Å². The average molecular weight is 527 g/mol. The summed E-state index contributed by atoms with van der Waals surface area (Å²) in [7, 11) is 2.12. The lowest BCUT2D eigenvalue weighted by molar-refractivity contribution is 0.313. The van der Waals surface area contributed by atoms with E-state index in [1.807, 2.05) is 45.9 Å². The molecular weight excluding hydrogens is 490 g/mol. The Morgan fingerprint density at radius 3 is 2.47 bits per heavy atom. The maximum absolute atomic E-state index is 14.6. The van der Waals surface area contributed by atoms with Crippen molar-refractivity contribution in [1.29, 1.82) is 0 Å². The van der Waals surface area contributed by atoms with Crippen LogP contribution in [0.3, 0.4) is 0 Å². The maximum atomic E-state index is 14.6. The van der Waals surface area contributed by atoms with Gasteiger partial charge >= 0.3 is 0 Å². The van der Waals surface area contributed by atoms with Gasteiger partial charge in [-0.2, -0.15) is 0 Å². The zero-order valence-corrected chi connectivity index (χ0v) is 22.3. The monoisotopic (exact) mass is 526 g/mol. The minimum atomic E-state index is -0.878. The second-order valence-corrected chi connectivity index (χ2v) is 9.29. The van der Waals surface area contributed by atoms with Crippen LogP contribution in [0.1, 0.15) is 29.1 Å². The van der Waals surface area contributed by atoms with Crippen molar-refractivity contribution in [2.75, 3.05) is 48.8 Å². The number of phenolic OH excluding ortho intramolecular Hbond substituents is 1. The van der Waals surface area contributed by atoms with E-state index in [9.17, 15) is 13.9 Å². The molecule has 3 N–H and O–H groups in total. The van der Waals surface area contributed by atoms with Gasteiger partial charge in [-0.1, -0.05) is 13.8 Å². The summed E-state index contributed by atoms with van der Waals surface area (Å²) in [6, 6.07) is 10.3. The fourth-order valence-electron chi connectivity index (χ4n) is 4.24. The minimum absolute atomic E-state index is 0. The number of nitrogens with one attached hydrogen (secondary N) is 2. The van der Waals surface area contributed by atoms with E-state index in [1.165, 1.54) is 6.07 Å². The first-order valence-electron chi connectivity index (χ1n) is 12.8. The van der Waals surface area contributed by atoms with Crippen molar-refractivity contribution < 1.29 is 19.7 Å². The Morgan fingerprint density at radius 2 is 1.76 bits per heavy atom. The lowest BCUT2D eigenvalue weighted by atomic mass is 10.1. The molecule has 0 amide bonds. The highest BCUT2D eigenvalue weighted by atomic mass is 19.1. The number of aromatic hydroxyl groups is 1. The molecule has 38 heavy (non-hydrogen) atoms. The van der Waals surface area contributed by atoms with Crippen molar-refractivity contribution in [1.82, 2.24) is 14.9 Å². The third-order valence-electron chi connectivity index (χ3n) is 6.13. The molecule has 1 aliphatic rings. The summed E-state index contributed by atoms with van der Waals surface area (Å²) >= 11 is 0. The van der Waals surface area contributed by atoms with Crippen LogP contribution >= 0.6 is 0 Å². The number of fused-ring (bicyclic) bond motifs is 1. The highest BCUT2D eigenvalue weighted by Crippen LogP contribution is 2.34. The summed E-state index contributed by atoms with van der Waals surface area (Å²) < 4.78 is 35.0. The molecule has 0 aliphatic carbocycles. The normalized spacial score (nSPS) is 13.9. The number of aromatic nitrogens is 2. The molecule has 1 saturated heterocycles. The van der Waals surface area contributed by atoms with E-state index in [0.717, 1.165) is 49.5 Å². The Balaban J connectivity index is 0.00000137. The highest BCUT2D eigenvalue weighted by Gasteiger charge is 2.18. The van der Waals surface area contributed by atoms with Gasteiger partial charge in [0.1, 0.15) is 11.3 Å². The minimum Gasteiger partial charge on any atom is -0.503 e. The van der Waals surface area contributed by atoms with Crippen LogP contribution in [0, 0.1) is 11.6 Å². The first-order chi connectivity index (χ1) is 18.3. The van der Waals surface area contributed by atoms with Gasteiger partial charge in [-0.25, -0.2) is 18.7 Å². The Hall–Kier alpha value is -3.92. The number of phenols is 1. The van der Waals surface area contributed by atoms with E-state index in [-0.39, 0.29) is 30.4 Å². The molecule has 1 fully saturated rings. The fourth-order valence-corrected chi connectivity index (χ4v) is 4.24. The van der Waals surface area contributed by atoms with Crippen LogP contribution in [-0.4, -0.2) is 59.2 Å². The second kappa shape index (κ2) is 11.6. The SMILES string of the molecule is CC.CC(C)Nc1cc(-c2nc(Nc3cc4ccc(N5CCN(C)CC5)cc4o3)ncc2F)cc(F)c1O.[HH]. The Kier molecular flexibility index (Phi) is 8.31. The van der Waals surface area contributed by atoms with Crippen molar-refractivity contribution in [3.05, 3.63) is 54.2 Å². The van der Waals surface area contributed by atoms with Gasteiger partial charge in [0, 0.05) is 62.4 Å². The van der Waals surface area contributed by atoms with E-state index in [2.05, 4.69) is 43.5 Å². The van der Waals surface area contributed by atoms with E-state index in [1.54, 1.807) is 0 Å². The first-order valence-corrected chi connectivity index (χ1v) is 12.8.